The average Bonchev–Trinajstić information content (AvgIpc) is 3.04. The summed E-state index contributed by atoms with van der Waals surface area (Å²) in [6, 6.07) is 8.24. The number of amides is 3. The van der Waals surface area contributed by atoms with Crippen molar-refractivity contribution in [3.05, 3.63) is 47.8 Å². The van der Waals surface area contributed by atoms with Gasteiger partial charge in [0, 0.05) is 19.3 Å². The second-order valence-corrected chi connectivity index (χ2v) is 5.56. The summed E-state index contributed by atoms with van der Waals surface area (Å²) < 4.78 is 13.8. The first-order chi connectivity index (χ1) is 12.0. The number of rotatable bonds is 7. The molecule has 0 bridgehead atoms. The van der Waals surface area contributed by atoms with Crippen LogP contribution in [0.4, 0.5) is 9.18 Å². The van der Waals surface area contributed by atoms with Crippen LogP contribution in [-0.2, 0) is 11.3 Å². The van der Waals surface area contributed by atoms with Gasteiger partial charge in [-0.2, -0.15) is 5.10 Å². The van der Waals surface area contributed by atoms with Crippen LogP contribution in [0.5, 0.6) is 0 Å². The first-order valence-electron chi connectivity index (χ1n) is 8.00. The van der Waals surface area contributed by atoms with Gasteiger partial charge in [-0.05, 0) is 31.5 Å². The van der Waals surface area contributed by atoms with Gasteiger partial charge in [0.25, 0.3) is 0 Å². The van der Waals surface area contributed by atoms with Gasteiger partial charge in [0.05, 0.1) is 11.4 Å². The lowest BCUT2D eigenvalue weighted by atomic mass is 10.2. The summed E-state index contributed by atoms with van der Waals surface area (Å²) in [5.74, 6) is -0.430. The van der Waals surface area contributed by atoms with Gasteiger partial charge in [-0.3, -0.25) is 4.79 Å². The SMILES string of the molecule is Cc1ccn(-c2ccccc2CNC(=O)NC(C)C(=O)NCCF)n1. The Kier molecular flexibility index (Phi) is 6.50. The van der Waals surface area contributed by atoms with E-state index >= 15 is 0 Å². The van der Waals surface area contributed by atoms with Crippen LogP contribution in [0, 0.1) is 6.92 Å². The van der Waals surface area contributed by atoms with E-state index in [1.807, 2.05) is 43.5 Å². The lowest BCUT2D eigenvalue weighted by Gasteiger charge is -2.15. The number of benzene rings is 1. The lowest BCUT2D eigenvalue weighted by Crippen LogP contribution is -2.48. The molecule has 3 N–H and O–H groups in total. The molecule has 0 aliphatic rings. The quantitative estimate of drug-likeness (QED) is 0.708. The van der Waals surface area contributed by atoms with Crippen LogP contribution >= 0.6 is 0 Å². The Balaban J connectivity index is 1.93. The molecule has 0 saturated heterocycles. The fourth-order valence-corrected chi connectivity index (χ4v) is 2.25. The van der Waals surface area contributed by atoms with E-state index in [4.69, 9.17) is 0 Å². The number of alkyl halides is 1. The Morgan fingerprint density at radius 1 is 1.24 bits per heavy atom. The highest BCUT2D eigenvalue weighted by Crippen LogP contribution is 2.13. The van der Waals surface area contributed by atoms with Crippen molar-refractivity contribution in [3.8, 4) is 5.69 Å². The fraction of sp³-hybridized carbons (Fsp3) is 0.353. The summed E-state index contributed by atoms with van der Waals surface area (Å²) in [5, 5.41) is 12.0. The minimum atomic E-state index is -0.754. The highest BCUT2D eigenvalue weighted by Gasteiger charge is 2.15. The van der Waals surface area contributed by atoms with Crippen molar-refractivity contribution in [2.24, 2.45) is 0 Å². The van der Waals surface area contributed by atoms with E-state index in [9.17, 15) is 14.0 Å². The van der Waals surface area contributed by atoms with Gasteiger partial charge in [-0.25, -0.2) is 13.9 Å². The molecule has 1 unspecified atom stereocenters. The maximum Gasteiger partial charge on any atom is 0.315 e. The first kappa shape index (κ1) is 18.4. The van der Waals surface area contributed by atoms with Crippen molar-refractivity contribution in [1.82, 2.24) is 25.7 Å². The van der Waals surface area contributed by atoms with Crippen molar-refractivity contribution in [3.63, 3.8) is 0 Å². The van der Waals surface area contributed by atoms with Gasteiger partial charge >= 0.3 is 6.03 Å². The number of halogens is 1. The second-order valence-electron chi connectivity index (χ2n) is 5.56. The molecule has 7 nitrogen and oxygen atoms in total. The molecule has 0 aliphatic carbocycles. The summed E-state index contributed by atoms with van der Waals surface area (Å²) in [6.45, 7) is 3.00. The molecule has 1 aromatic heterocycles. The zero-order valence-electron chi connectivity index (χ0n) is 14.3. The molecular formula is C17H22FN5O2. The summed E-state index contributed by atoms with van der Waals surface area (Å²) in [6.07, 6.45) is 1.85. The van der Waals surface area contributed by atoms with E-state index in [1.165, 1.54) is 6.92 Å². The third kappa shape index (κ3) is 5.30. The van der Waals surface area contributed by atoms with E-state index in [2.05, 4.69) is 21.0 Å². The molecule has 0 radical (unpaired) electrons. The summed E-state index contributed by atoms with van der Waals surface area (Å²) in [7, 11) is 0. The van der Waals surface area contributed by atoms with Crippen LogP contribution in [0.25, 0.3) is 5.69 Å². The molecule has 8 heteroatoms. The largest absolute Gasteiger partial charge is 0.352 e. The molecule has 2 aromatic rings. The highest BCUT2D eigenvalue weighted by atomic mass is 19.1. The van der Waals surface area contributed by atoms with Crippen molar-refractivity contribution >= 4 is 11.9 Å². The summed E-state index contributed by atoms with van der Waals surface area (Å²) in [5.41, 5.74) is 2.65. The van der Waals surface area contributed by atoms with Gasteiger partial charge < -0.3 is 16.0 Å². The number of nitrogens with zero attached hydrogens (tertiary/aromatic N) is 2. The van der Waals surface area contributed by atoms with E-state index in [1.54, 1.807) is 4.68 Å². The minimum absolute atomic E-state index is 0.0663. The monoisotopic (exact) mass is 347 g/mol. The Labute approximate surface area is 145 Å². The topological polar surface area (TPSA) is 88.0 Å². The molecular weight excluding hydrogens is 325 g/mol. The Bertz CT molecular complexity index is 731. The molecule has 0 aliphatic heterocycles. The number of para-hydroxylation sites is 1. The van der Waals surface area contributed by atoms with Crippen molar-refractivity contribution in [1.29, 1.82) is 0 Å². The zero-order valence-corrected chi connectivity index (χ0v) is 14.3. The normalized spacial score (nSPS) is 11.6. The van der Waals surface area contributed by atoms with Crippen LogP contribution < -0.4 is 16.0 Å². The zero-order chi connectivity index (χ0) is 18.2. The molecule has 3 amide bonds. The number of hydrogen-bond donors (Lipinski definition) is 3. The van der Waals surface area contributed by atoms with Gasteiger partial charge in [0.15, 0.2) is 0 Å². The standard InChI is InChI=1S/C17H22FN5O2/c1-12-7-10-23(22-12)15-6-4-3-5-14(15)11-20-17(25)21-13(2)16(24)19-9-8-18/h3-7,10,13H,8-9,11H2,1-2H3,(H,19,24)(H2,20,21,25). The Morgan fingerprint density at radius 3 is 2.68 bits per heavy atom. The number of nitrogens with one attached hydrogen (secondary N) is 3. The highest BCUT2D eigenvalue weighted by molar-refractivity contribution is 5.86. The van der Waals surface area contributed by atoms with E-state index < -0.39 is 24.7 Å². The summed E-state index contributed by atoms with van der Waals surface area (Å²) >= 11 is 0. The minimum Gasteiger partial charge on any atom is -0.352 e. The number of carbonyl (C=O) groups is 2. The number of carbonyl (C=O) groups excluding carboxylic acids is 2. The maximum absolute atomic E-state index is 12.0. The maximum atomic E-state index is 12.0. The average molecular weight is 347 g/mol. The third-order valence-corrected chi connectivity index (χ3v) is 3.53. The predicted octanol–water partition coefficient (Wildman–Crippen LogP) is 1.45. The van der Waals surface area contributed by atoms with E-state index in [-0.39, 0.29) is 13.1 Å². The van der Waals surface area contributed by atoms with Crippen LogP contribution in [-0.4, -0.2) is 41.0 Å². The molecule has 0 saturated carbocycles. The molecule has 2 rings (SSSR count). The first-order valence-corrected chi connectivity index (χ1v) is 8.00. The van der Waals surface area contributed by atoms with Crippen molar-refractivity contribution in [2.45, 2.75) is 26.4 Å². The van der Waals surface area contributed by atoms with Crippen molar-refractivity contribution < 1.29 is 14.0 Å². The van der Waals surface area contributed by atoms with Gasteiger partial charge in [0.2, 0.25) is 5.91 Å². The van der Waals surface area contributed by atoms with Crippen LogP contribution in [0.2, 0.25) is 0 Å². The van der Waals surface area contributed by atoms with Gasteiger partial charge in [-0.1, -0.05) is 18.2 Å². The predicted molar refractivity (Wildman–Crippen MR) is 92.1 cm³/mol. The molecule has 25 heavy (non-hydrogen) atoms. The van der Waals surface area contributed by atoms with E-state index in [0.29, 0.717) is 0 Å². The van der Waals surface area contributed by atoms with E-state index in [0.717, 1.165) is 16.9 Å². The Morgan fingerprint density at radius 2 is 2.00 bits per heavy atom. The van der Waals surface area contributed by atoms with Crippen LogP contribution in [0.1, 0.15) is 18.2 Å². The number of aryl methyl sites for hydroxylation is 1. The number of aromatic nitrogens is 2. The molecule has 1 aromatic carbocycles. The molecule has 1 atom stereocenters. The molecule has 1 heterocycles. The van der Waals surface area contributed by atoms with Crippen LogP contribution in [0.3, 0.4) is 0 Å². The number of urea groups is 1. The molecule has 134 valence electrons. The number of hydrogen-bond acceptors (Lipinski definition) is 3. The Hall–Kier alpha value is -2.90. The molecule has 0 spiro atoms. The second kappa shape index (κ2) is 8.81. The van der Waals surface area contributed by atoms with Crippen LogP contribution in [0.15, 0.2) is 36.5 Å². The van der Waals surface area contributed by atoms with Gasteiger partial charge in [-0.15, -0.1) is 0 Å². The smallest absolute Gasteiger partial charge is 0.315 e. The van der Waals surface area contributed by atoms with Crippen molar-refractivity contribution in [2.75, 3.05) is 13.2 Å². The molecule has 0 fully saturated rings. The fourth-order valence-electron chi connectivity index (χ4n) is 2.25. The van der Waals surface area contributed by atoms with Gasteiger partial charge in [0.1, 0.15) is 12.7 Å². The lowest BCUT2D eigenvalue weighted by molar-refractivity contribution is -0.122. The summed E-state index contributed by atoms with van der Waals surface area (Å²) in [4.78, 5) is 23.6. The third-order valence-electron chi connectivity index (χ3n) is 3.53.